The highest BCUT2D eigenvalue weighted by Crippen LogP contribution is 2.08. The van der Waals surface area contributed by atoms with Crippen LogP contribution in [-0.4, -0.2) is 35.5 Å². The number of hydrogen-bond donors (Lipinski definition) is 1. The summed E-state index contributed by atoms with van der Waals surface area (Å²) in [6.07, 6.45) is 2.98. The van der Waals surface area contributed by atoms with Crippen molar-refractivity contribution in [3.8, 4) is 0 Å². The number of hydrogen-bond acceptors (Lipinski definition) is 2. The van der Waals surface area contributed by atoms with Crippen LogP contribution in [0.3, 0.4) is 0 Å². The highest BCUT2D eigenvalue weighted by Gasteiger charge is 2.10. The average Bonchev–Trinajstić information content (AvgIpc) is 2.24. The normalized spacial score (nSPS) is 12.2. The second-order valence-corrected chi connectivity index (χ2v) is 4.36. The van der Waals surface area contributed by atoms with E-state index >= 15 is 0 Å². The maximum Gasteiger partial charge on any atom is 0.303 e. The maximum atomic E-state index is 11.6. The van der Waals surface area contributed by atoms with Crippen LogP contribution in [-0.2, 0) is 9.59 Å². The number of amides is 1. The standard InChI is InChI=1S/C12H23NO3/c1-4-10(2)8-9-13(3)11(14)6-5-7-12(15)16/h10H,4-9H2,1-3H3,(H,15,16). The second kappa shape index (κ2) is 8.13. The molecule has 0 aliphatic heterocycles. The Balaban J connectivity index is 3.69. The molecule has 1 unspecified atom stereocenters. The first kappa shape index (κ1) is 14.9. The fraction of sp³-hybridized carbons (Fsp3) is 0.833. The number of nitrogens with zero attached hydrogens (tertiary/aromatic N) is 1. The van der Waals surface area contributed by atoms with E-state index in [2.05, 4.69) is 13.8 Å². The molecular weight excluding hydrogens is 206 g/mol. The van der Waals surface area contributed by atoms with Crippen molar-refractivity contribution >= 4 is 11.9 Å². The van der Waals surface area contributed by atoms with Crippen LogP contribution >= 0.6 is 0 Å². The van der Waals surface area contributed by atoms with E-state index in [0.717, 1.165) is 19.4 Å². The summed E-state index contributed by atoms with van der Waals surface area (Å²) in [6.45, 7) is 5.07. The summed E-state index contributed by atoms with van der Waals surface area (Å²) < 4.78 is 0. The van der Waals surface area contributed by atoms with Gasteiger partial charge in [-0.2, -0.15) is 0 Å². The van der Waals surface area contributed by atoms with E-state index in [1.165, 1.54) is 0 Å². The highest BCUT2D eigenvalue weighted by atomic mass is 16.4. The van der Waals surface area contributed by atoms with Gasteiger partial charge in [-0.05, 0) is 18.8 Å². The first-order valence-electron chi connectivity index (χ1n) is 5.93. The van der Waals surface area contributed by atoms with Crippen LogP contribution in [0, 0.1) is 5.92 Å². The number of carboxylic acid groups (broad SMARTS) is 1. The van der Waals surface area contributed by atoms with E-state index in [-0.39, 0.29) is 12.3 Å². The van der Waals surface area contributed by atoms with Crippen LogP contribution in [0.25, 0.3) is 0 Å². The van der Waals surface area contributed by atoms with Gasteiger partial charge in [0.2, 0.25) is 5.91 Å². The molecule has 0 aromatic carbocycles. The number of carbonyl (C=O) groups excluding carboxylic acids is 1. The van der Waals surface area contributed by atoms with Gasteiger partial charge in [-0.15, -0.1) is 0 Å². The number of carbonyl (C=O) groups is 2. The van der Waals surface area contributed by atoms with Gasteiger partial charge in [0, 0.05) is 26.4 Å². The molecule has 0 fully saturated rings. The molecule has 0 aliphatic carbocycles. The predicted octanol–water partition coefficient (Wildman–Crippen LogP) is 2.14. The monoisotopic (exact) mass is 229 g/mol. The van der Waals surface area contributed by atoms with Crippen molar-refractivity contribution in [2.45, 2.75) is 46.0 Å². The van der Waals surface area contributed by atoms with Crippen molar-refractivity contribution in [3.63, 3.8) is 0 Å². The number of aliphatic carboxylic acids is 1. The second-order valence-electron chi connectivity index (χ2n) is 4.36. The van der Waals surface area contributed by atoms with Crippen molar-refractivity contribution in [2.75, 3.05) is 13.6 Å². The highest BCUT2D eigenvalue weighted by molar-refractivity contribution is 5.76. The van der Waals surface area contributed by atoms with Gasteiger partial charge < -0.3 is 10.0 Å². The lowest BCUT2D eigenvalue weighted by atomic mass is 10.1. The van der Waals surface area contributed by atoms with E-state index in [9.17, 15) is 9.59 Å². The summed E-state index contributed by atoms with van der Waals surface area (Å²) >= 11 is 0. The average molecular weight is 229 g/mol. The van der Waals surface area contributed by atoms with Crippen molar-refractivity contribution in [2.24, 2.45) is 5.92 Å². The predicted molar refractivity (Wildman–Crippen MR) is 63.2 cm³/mol. The minimum absolute atomic E-state index is 0.0459. The lowest BCUT2D eigenvalue weighted by molar-refractivity contribution is -0.137. The summed E-state index contributed by atoms with van der Waals surface area (Å²) in [4.78, 5) is 23.5. The molecule has 1 N–H and O–H groups in total. The van der Waals surface area contributed by atoms with E-state index in [1.807, 2.05) is 0 Å². The van der Waals surface area contributed by atoms with Crippen molar-refractivity contribution in [1.82, 2.24) is 4.90 Å². The van der Waals surface area contributed by atoms with Gasteiger partial charge in [0.25, 0.3) is 0 Å². The zero-order chi connectivity index (χ0) is 12.6. The SMILES string of the molecule is CCC(C)CCN(C)C(=O)CCCC(=O)O. The molecule has 0 saturated carbocycles. The Hall–Kier alpha value is -1.06. The van der Waals surface area contributed by atoms with E-state index < -0.39 is 5.97 Å². The molecule has 0 bridgehead atoms. The Morgan fingerprint density at radius 1 is 1.31 bits per heavy atom. The number of carboxylic acids is 1. The minimum Gasteiger partial charge on any atom is -0.481 e. The number of rotatable bonds is 8. The van der Waals surface area contributed by atoms with Crippen molar-refractivity contribution in [3.05, 3.63) is 0 Å². The summed E-state index contributed by atoms with van der Waals surface area (Å²) in [6, 6.07) is 0. The van der Waals surface area contributed by atoms with Crippen LogP contribution in [0.1, 0.15) is 46.0 Å². The fourth-order valence-corrected chi connectivity index (χ4v) is 1.32. The zero-order valence-corrected chi connectivity index (χ0v) is 10.5. The topological polar surface area (TPSA) is 57.6 Å². The fourth-order valence-electron chi connectivity index (χ4n) is 1.32. The van der Waals surface area contributed by atoms with Gasteiger partial charge in [0.1, 0.15) is 0 Å². The van der Waals surface area contributed by atoms with Crippen LogP contribution in [0.4, 0.5) is 0 Å². The minimum atomic E-state index is -0.838. The van der Waals surface area contributed by atoms with Crippen LogP contribution < -0.4 is 0 Å². The summed E-state index contributed by atoms with van der Waals surface area (Å²) in [5, 5.41) is 8.45. The Morgan fingerprint density at radius 2 is 1.94 bits per heavy atom. The van der Waals surface area contributed by atoms with Crippen LogP contribution in [0.15, 0.2) is 0 Å². The molecule has 0 radical (unpaired) electrons. The van der Waals surface area contributed by atoms with Crippen molar-refractivity contribution in [1.29, 1.82) is 0 Å². The molecule has 0 saturated heterocycles. The Labute approximate surface area is 97.6 Å². The van der Waals surface area contributed by atoms with Crippen LogP contribution in [0.2, 0.25) is 0 Å². The van der Waals surface area contributed by atoms with Gasteiger partial charge in [0.05, 0.1) is 0 Å². The molecule has 4 heteroatoms. The third-order valence-electron chi connectivity index (χ3n) is 2.86. The Bertz CT molecular complexity index is 228. The third kappa shape index (κ3) is 7.26. The molecule has 0 aromatic rings. The molecule has 4 nitrogen and oxygen atoms in total. The molecule has 1 amide bonds. The molecule has 94 valence electrons. The molecule has 0 rings (SSSR count). The molecular formula is C12H23NO3. The van der Waals surface area contributed by atoms with E-state index in [0.29, 0.717) is 18.8 Å². The molecule has 0 aliphatic rings. The van der Waals surface area contributed by atoms with Gasteiger partial charge in [0.15, 0.2) is 0 Å². The summed E-state index contributed by atoms with van der Waals surface area (Å²) in [7, 11) is 1.78. The van der Waals surface area contributed by atoms with E-state index in [4.69, 9.17) is 5.11 Å². The first-order chi connectivity index (χ1) is 7.47. The smallest absolute Gasteiger partial charge is 0.303 e. The lowest BCUT2D eigenvalue weighted by Crippen LogP contribution is -2.28. The Morgan fingerprint density at radius 3 is 2.44 bits per heavy atom. The molecule has 0 spiro atoms. The quantitative estimate of drug-likeness (QED) is 0.693. The van der Waals surface area contributed by atoms with Crippen LogP contribution in [0.5, 0.6) is 0 Å². The third-order valence-corrected chi connectivity index (χ3v) is 2.86. The van der Waals surface area contributed by atoms with Gasteiger partial charge >= 0.3 is 5.97 Å². The molecule has 1 atom stereocenters. The Kier molecular flexibility index (Phi) is 7.60. The van der Waals surface area contributed by atoms with E-state index in [1.54, 1.807) is 11.9 Å². The maximum absolute atomic E-state index is 11.6. The van der Waals surface area contributed by atoms with Gasteiger partial charge in [-0.1, -0.05) is 20.3 Å². The zero-order valence-electron chi connectivity index (χ0n) is 10.5. The van der Waals surface area contributed by atoms with Gasteiger partial charge in [-0.25, -0.2) is 0 Å². The summed E-state index contributed by atoms with van der Waals surface area (Å²) in [5.74, 6) is -0.158. The summed E-state index contributed by atoms with van der Waals surface area (Å²) in [5.41, 5.74) is 0. The van der Waals surface area contributed by atoms with Crippen molar-refractivity contribution < 1.29 is 14.7 Å². The van der Waals surface area contributed by atoms with Gasteiger partial charge in [-0.3, -0.25) is 9.59 Å². The largest absolute Gasteiger partial charge is 0.481 e. The first-order valence-corrected chi connectivity index (χ1v) is 5.93. The lowest BCUT2D eigenvalue weighted by Gasteiger charge is -2.19. The molecule has 16 heavy (non-hydrogen) atoms. The molecule has 0 aromatic heterocycles. The molecule has 0 heterocycles.